The van der Waals surface area contributed by atoms with Crippen LogP contribution in [0.3, 0.4) is 0 Å². The number of likely N-dealkylation sites (N-methyl/N-ethyl adjacent to an activating group) is 1. The number of aromatic nitrogens is 1. The molecule has 6 heteroatoms. The van der Waals surface area contributed by atoms with Crippen molar-refractivity contribution in [1.82, 2.24) is 4.98 Å². The lowest BCUT2D eigenvalue weighted by molar-refractivity contribution is -0.121. The van der Waals surface area contributed by atoms with Gasteiger partial charge < -0.3 is 14.4 Å². The minimum Gasteiger partial charge on any atom is -0.481 e. The van der Waals surface area contributed by atoms with E-state index in [9.17, 15) is 9.59 Å². The van der Waals surface area contributed by atoms with Gasteiger partial charge in [-0.05, 0) is 31.5 Å². The minimum absolute atomic E-state index is 0.266. The van der Waals surface area contributed by atoms with Crippen molar-refractivity contribution in [1.29, 1.82) is 0 Å². The average Bonchev–Trinajstić information content (AvgIpc) is 2.62. The molecule has 0 saturated carbocycles. The van der Waals surface area contributed by atoms with E-state index in [-0.39, 0.29) is 18.1 Å². The molecule has 0 atom stereocenters. The van der Waals surface area contributed by atoms with E-state index in [0.717, 1.165) is 11.3 Å². The molecule has 0 bridgehead atoms. The number of carbonyl (C=O) groups is 2. The van der Waals surface area contributed by atoms with E-state index in [1.165, 1.54) is 19.4 Å². The highest BCUT2D eigenvalue weighted by Crippen LogP contribution is 2.19. The van der Waals surface area contributed by atoms with Crippen molar-refractivity contribution in [3.05, 3.63) is 53.7 Å². The van der Waals surface area contributed by atoms with Crippen LogP contribution in [0.25, 0.3) is 0 Å². The van der Waals surface area contributed by atoms with Crippen LogP contribution in [0.1, 0.15) is 22.8 Å². The molecule has 0 radical (unpaired) electrons. The minimum atomic E-state index is -0.598. The second kappa shape index (κ2) is 8.10. The second-order valence-corrected chi connectivity index (χ2v) is 5.09. The van der Waals surface area contributed by atoms with Crippen molar-refractivity contribution in [3.8, 4) is 5.88 Å². The Morgan fingerprint density at radius 2 is 1.92 bits per heavy atom. The van der Waals surface area contributed by atoms with Gasteiger partial charge in [0, 0.05) is 24.5 Å². The van der Waals surface area contributed by atoms with Crippen LogP contribution < -0.4 is 9.64 Å². The Kier molecular flexibility index (Phi) is 5.89. The van der Waals surface area contributed by atoms with Crippen molar-refractivity contribution >= 4 is 17.6 Å². The SMILES string of the molecule is CCN(C(=O)COC(=O)c1ccc(OC)nc1)c1ccccc1C. The smallest absolute Gasteiger partial charge is 0.340 e. The number of aryl methyl sites for hydroxylation is 1. The van der Waals surface area contributed by atoms with E-state index < -0.39 is 5.97 Å². The largest absolute Gasteiger partial charge is 0.481 e. The van der Waals surface area contributed by atoms with Gasteiger partial charge in [-0.1, -0.05) is 18.2 Å². The van der Waals surface area contributed by atoms with E-state index in [1.54, 1.807) is 11.0 Å². The van der Waals surface area contributed by atoms with Gasteiger partial charge in [-0.15, -0.1) is 0 Å². The lowest BCUT2D eigenvalue weighted by atomic mass is 10.2. The van der Waals surface area contributed by atoms with Crippen LogP contribution in [-0.2, 0) is 9.53 Å². The number of amides is 1. The van der Waals surface area contributed by atoms with Gasteiger partial charge in [-0.25, -0.2) is 9.78 Å². The fourth-order valence-electron chi connectivity index (χ4n) is 2.26. The first kappa shape index (κ1) is 17.5. The molecule has 0 fully saturated rings. The molecule has 1 amide bonds. The van der Waals surface area contributed by atoms with Crippen LogP contribution in [-0.4, -0.2) is 37.1 Å². The van der Waals surface area contributed by atoms with E-state index in [1.807, 2.05) is 38.1 Å². The monoisotopic (exact) mass is 328 g/mol. The number of benzene rings is 1. The zero-order valence-electron chi connectivity index (χ0n) is 14.0. The highest BCUT2D eigenvalue weighted by molar-refractivity contribution is 5.97. The van der Waals surface area contributed by atoms with Crippen LogP contribution in [0.4, 0.5) is 5.69 Å². The molecule has 0 aliphatic carbocycles. The van der Waals surface area contributed by atoms with Crippen LogP contribution in [0.2, 0.25) is 0 Å². The van der Waals surface area contributed by atoms with Gasteiger partial charge in [-0.3, -0.25) is 4.79 Å². The molecule has 0 aliphatic rings. The van der Waals surface area contributed by atoms with Gasteiger partial charge in [-0.2, -0.15) is 0 Å². The van der Waals surface area contributed by atoms with Gasteiger partial charge in [0.2, 0.25) is 5.88 Å². The normalized spacial score (nSPS) is 10.1. The molecule has 0 aliphatic heterocycles. The Balaban J connectivity index is 2.00. The third-order valence-electron chi connectivity index (χ3n) is 3.53. The molecule has 0 saturated heterocycles. The van der Waals surface area contributed by atoms with Crippen LogP contribution in [0, 0.1) is 6.92 Å². The van der Waals surface area contributed by atoms with Crippen molar-refractivity contribution in [2.45, 2.75) is 13.8 Å². The Labute approximate surface area is 141 Å². The zero-order chi connectivity index (χ0) is 17.5. The average molecular weight is 328 g/mol. The molecule has 1 heterocycles. The number of carbonyl (C=O) groups excluding carboxylic acids is 2. The Hall–Kier alpha value is -2.89. The second-order valence-electron chi connectivity index (χ2n) is 5.09. The molecule has 0 unspecified atom stereocenters. The summed E-state index contributed by atoms with van der Waals surface area (Å²) in [5.41, 5.74) is 2.06. The standard InChI is InChI=1S/C18H20N2O4/c1-4-20(15-8-6-5-7-13(15)2)17(21)12-24-18(22)14-9-10-16(23-3)19-11-14/h5-11H,4,12H2,1-3H3. The van der Waals surface area contributed by atoms with Gasteiger partial charge in [0.25, 0.3) is 5.91 Å². The molecule has 2 aromatic rings. The summed E-state index contributed by atoms with van der Waals surface area (Å²) in [4.78, 5) is 29.9. The molecular weight excluding hydrogens is 308 g/mol. The van der Waals surface area contributed by atoms with E-state index in [2.05, 4.69) is 4.98 Å². The molecule has 0 spiro atoms. The molecule has 0 N–H and O–H groups in total. The van der Waals surface area contributed by atoms with Crippen molar-refractivity contribution in [2.75, 3.05) is 25.2 Å². The first-order valence-corrected chi connectivity index (χ1v) is 7.60. The first-order chi connectivity index (χ1) is 11.6. The zero-order valence-corrected chi connectivity index (χ0v) is 14.0. The third-order valence-corrected chi connectivity index (χ3v) is 3.53. The molecule has 126 valence electrons. The number of anilines is 1. The number of esters is 1. The van der Waals surface area contributed by atoms with Crippen LogP contribution in [0.15, 0.2) is 42.6 Å². The number of hydrogen-bond acceptors (Lipinski definition) is 5. The Bertz CT molecular complexity index is 713. The maximum absolute atomic E-state index is 12.4. The number of pyridine rings is 1. The van der Waals surface area contributed by atoms with Crippen LogP contribution in [0.5, 0.6) is 5.88 Å². The third kappa shape index (κ3) is 4.10. The van der Waals surface area contributed by atoms with Crippen LogP contribution >= 0.6 is 0 Å². The predicted octanol–water partition coefficient (Wildman–Crippen LogP) is 2.61. The summed E-state index contributed by atoms with van der Waals surface area (Å²) in [6.07, 6.45) is 1.35. The number of rotatable bonds is 6. The van der Waals surface area contributed by atoms with Gasteiger partial charge in [0.1, 0.15) is 0 Å². The number of nitrogens with zero attached hydrogens (tertiary/aromatic N) is 2. The van der Waals surface area contributed by atoms with E-state index in [4.69, 9.17) is 9.47 Å². The molecule has 2 rings (SSSR count). The maximum atomic E-state index is 12.4. The quantitative estimate of drug-likeness (QED) is 0.763. The lowest BCUT2D eigenvalue weighted by Crippen LogP contribution is -2.35. The van der Waals surface area contributed by atoms with Crippen molar-refractivity contribution < 1.29 is 19.1 Å². The van der Waals surface area contributed by atoms with E-state index in [0.29, 0.717) is 12.4 Å². The summed E-state index contributed by atoms with van der Waals surface area (Å²) in [6, 6.07) is 10.7. The summed E-state index contributed by atoms with van der Waals surface area (Å²) in [6.45, 7) is 3.97. The molecular formula is C18H20N2O4. The fraction of sp³-hybridized carbons (Fsp3) is 0.278. The fourth-order valence-corrected chi connectivity index (χ4v) is 2.26. The summed E-state index contributed by atoms with van der Waals surface area (Å²) < 4.78 is 10.0. The van der Waals surface area contributed by atoms with Gasteiger partial charge in [0.05, 0.1) is 12.7 Å². The van der Waals surface area contributed by atoms with Crippen molar-refractivity contribution in [2.24, 2.45) is 0 Å². The summed E-state index contributed by atoms with van der Waals surface area (Å²) >= 11 is 0. The molecule has 6 nitrogen and oxygen atoms in total. The van der Waals surface area contributed by atoms with E-state index >= 15 is 0 Å². The first-order valence-electron chi connectivity index (χ1n) is 7.60. The topological polar surface area (TPSA) is 68.7 Å². The maximum Gasteiger partial charge on any atom is 0.340 e. The summed E-state index contributed by atoms with van der Waals surface area (Å²) in [5, 5.41) is 0. The highest BCUT2D eigenvalue weighted by atomic mass is 16.5. The summed E-state index contributed by atoms with van der Waals surface area (Å²) in [7, 11) is 1.49. The highest BCUT2D eigenvalue weighted by Gasteiger charge is 2.18. The molecule has 1 aromatic carbocycles. The Morgan fingerprint density at radius 3 is 2.50 bits per heavy atom. The predicted molar refractivity (Wildman–Crippen MR) is 90.3 cm³/mol. The van der Waals surface area contributed by atoms with Crippen molar-refractivity contribution in [3.63, 3.8) is 0 Å². The number of methoxy groups -OCH3 is 1. The molecule has 1 aromatic heterocycles. The number of para-hydroxylation sites is 1. The number of hydrogen-bond donors (Lipinski definition) is 0. The lowest BCUT2D eigenvalue weighted by Gasteiger charge is -2.22. The van der Waals surface area contributed by atoms with Gasteiger partial charge >= 0.3 is 5.97 Å². The summed E-state index contributed by atoms with van der Waals surface area (Å²) in [5.74, 6) is -0.472. The van der Waals surface area contributed by atoms with Gasteiger partial charge in [0.15, 0.2) is 6.61 Å². The molecule has 24 heavy (non-hydrogen) atoms. The Morgan fingerprint density at radius 1 is 1.17 bits per heavy atom. The number of ether oxygens (including phenoxy) is 2.